The Labute approximate surface area is 79.1 Å². The van der Waals surface area contributed by atoms with E-state index in [1.54, 1.807) is 13.8 Å². The van der Waals surface area contributed by atoms with Gasteiger partial charge in [0.2, 0.25) is 0 Å². The standard InChI is InChI=1S/C8H8F2N2S/c1-3-5(9)6(10)4(2)8-7(3)11-13-12-8/h7,11H,1-2H3. The predicted molar refractivity (Wildman–Crippen MR) is 49.6 cm³/mol. The molecule has 13 heavy (non-hydrogen) atoms. The summed E-state index contributed by atoms with van der Waals surface area (Å²) in [5, 5.41) is 0. The molecule has 0 saturated heterocycles. The van der Waals surface area contributed by atoms with Gasteiger partial charge >= 0.3 is 0 Å². The maximum atomic E-state index is 13.2. The number of nitrogens with zero attached hydrogens (tertiary/aromatic N) is 1. The molecule has 1 heterocycles. The van der Waals surface area contributed by atoms with Crippen LogP contribution in [0.5, 0.6) is 0 Å². The Hall–Kier alpha value is -0.680. The van der Waals surface area contributed by atoms with Gasteiger partial charge < -0.3 is 0 Å². The van der Waals surface area contributed by atoms with Gasteiger partial charge in [0.25, 0.3) is 0 Å². The molecule has 0 saturated carbocycles. The van der Waals surface area contributed by atoms with Gasteiger partial charge in [-0.05, 0) is 19.4 Å². The average molecular weight is 202 g/mol. The summed E-state index contributed by atoms with van der Waals surface area (Å²) in [7, 11) is 0. The minimum atomic E-state index is -0.781. The van der Waals surface area contributed by atoms with Crippen LogP contribution in [0.1, 0.15) is 13.8 Å². The van der Waals surface area contributed by atoms with Crippen molar-refractivity contribution in [3.8, 4) is 0 Å². The molecule has 2 aliphatic rings. The van der Waals surface area contributed by atoms with Gasteiger partial charge in [0, 0.05) is 5.57 Å². The van der Waals surface area contributed by atoms with Crippen LogP contribution in [0.3, 0.4) is 0 Å². The molecule has 0 aromatic rings. The van der Waals surface area contributed by atoms with E-state index in [1.165, 1.54) is 0 Å². The van der Waals surface area contributed by atoms with Gasteiger partial charge in [-0.2, -0.15) is 0 Å². The Balaban J connectivity index is 2.57. The molecule has 0 spiro atoms. The Morgan fingerprint density at radius 2 is 2.00 bits per heavy atom. The van der Waals surface area contributed by atoms with E-state index < -0.39 is 11.7 Å². The molecule has 1 aliphatic carbocycles. The van der Waals surface area contributed by atoms with E-state index in [4.69, 9.17) is 0 Å². The van der Waals surface area contributed by atoms with Gasteiger partial charge in [0.15, 0.2) is 11.7 Å². The largest absolute Gasteiger partial charge is 0.231 e. The summed E-state index contributed by atoms with van der Waals surface area (Å²) in [6.07, 6.45) is 0. The zero-order valence-electron chi connectivity index (χ0n) is 7.19. The Kier molecular flexibility index (Phi) is 2.00. The number of halogens is 2. The molecule has 1 unspecified atom stereocenters. The van der Waals surface area contributed by atoms with Gasteiger partial charge in [-0.25, -0.2) is 17.9 Å². The molecule has 2 nitrogen and oxygen atoms in total. The van der Waals surface area contributed by atoms with Gasteiger partial charge in [0.05, 0.1) is 23.9 Å². The van der Waals surface area contributed by atoms with E-state index in [0.29, 0.717) is 16.9 Å². The van der Waals surface area contributed by atoms with E-state index >= 15 is 0 Å². The fourth-order valence-corrected chi connectivity index (χ4v) is 2.18. The summed E-state index contributed by atoms with van der Waals surface area (Å²) >= 11 is 1.13. The second-order valence-electron chi connectivity index (χ2n) is 3.05. The highest BCUT2D eigenvalue weighted by atomic mass is 32.2. The number of nitrogens with one attached hydrogen (secondary N) is 1. The molecule has 0 fully saturated rings. The second-order valence-corrected chi connectivity index (χ2v) is 3.66. The Morgan fingerprint density at radius 1 is 1.31 bits per heavy atom. The van der Waals surface area contributed by atoms with E-state index in [2.05, 4.69) is 9.12 Å². The lowest BCUT2D eigenvalue weighted by molar-refractivity contribution is 0.523. The first-order valence-corrected chi connectivity index (χ1v) is 4.63. The van der Waals surface area contributed by atoms with Crippen LogP contribution in [0.25, 0.3) is 0 Å². The molecule has 1 aliphatic heterocycles. The molecule has 0 bridgehead atoms. The van der Waals surface area contributed by atoms with Crippen molar-refractivity contribution in [3.05, 3.63) is 22.8 Å². The van der Waals surface area contributed by atoms with Crippen molar-refractivity contribution < 1.29 is 8.78 Å². The van der Waals surface area contributed by atoms with Gasteiger partial charge in [0.1, 0.15) is 0 Å². The summed E-state index contributed by atoms with van der Waals surface area (Å²) in [4.78, 5) is 0. The van der Waals surface area contributed by atoms with Crippen molar-refractivity contribution in [1.82, 2.24) is 4.72 Å². The molecule has 0 amide bonds. The fraction of sp³-hybridized carbons (Fsp3) is 0.375. The summed E-state index contributed by atoms with van der Waals surface area (Å²) in [6, 6.07) is -0.260. The zero-order valence-corrected chi connectivity index (χ0v) is 8.01. The highest BCUT2D eigenvalue weighted by molar-refractivity contribution is 7.96. The third kappa shape index (κ3) is 1.14. The average Bonchev–Trinajstić information content (AvgIpc) is 2.59. The van der Waals surface area contributed by atoms with Crippen LogP contribution < -0.4 is 4.72 Å². The molecule has 1 N–H and O–H groups in total. The summed E-state index contributed by atoms with van der Waals surface area (Å²) in [5.41, 5.74) is 1.26. The normalized spacial score (nSPS) is 28.0. The van der Waals surface area contributed by atoms with Crippen LogP contribution in [-0.2, 0) is 0 Å². The summed E-state index contributed by atoms with van der Waals surface area (Å²) in [6.45, 7) is 3.11. The molecule has 70 valence electrons. The first-order chi connectivity index (χ1) is 6.13. The van der Waals surface area contributed by atoms with E-state index in [0.717, 1.165) is 12.1 Å². The maximum Gasteiger partial charge on any atom is 0.163 e. The van der Waals surface area contributed by atoms with Crippen molar-refractivity contribution in [2.24, 2.45) is 4.40 Å². The molecule has 0 aromatic carbocycles. The molecular weight excluding hydrogens is 194 g/mol. The highest BCUT2D eigenvalue weighted by Gasteiger charge is 2.34. The number of hydrogen-bond acceptors (Lipinski definition) is 3. The molecular formula is C8H8F2N2S. The summed E-state index contributed by atoms with van der Waals surface area (Å²) < 4.78 is 33.3. The minimum Gasteiger partial charge on any atom is -0.231 e. The van der Waals surface area contributed by atoms with Crippen LogP contribution in [-0.4, -0.2) is 11.8 Å². The molecule has 2 rings (SSSR count). The van der Waals surface area contributed by atoms with Crippen LogP contribution >= 0.6 is 12.1 Å². The molecule has 0 radical (unpaired) electrons. The third-order valence-electron chi connectivity index (χ3n) is 2.27. The predicted octanol–water partition coefficient (Wildman–Crippen LogP) is 2.46. The van der Waals surface area contributed by atoms with Crippen LogP contribution in [0, 0.1) is 0 Å². The first-order valence-electron chi connectivity index (χ1n) is 3.85. The van der Waals surface area contributed by atoms with Crippen LogP contribution in [0.4, 0.5) is 8.78 Å². The third-order valence-corrected chi connectivity index (χ3v) is 2.90. The van der Waals surface area contributed by atoms with Gasteiger partial charge in [-0.15, -0.1) is 0 Å². The highest BCUT2D eigenvalue weighted by Crippen LogP contribution is 2.34. The molecule has 0 aromatic heterocycles. The lowest BCUT2D eigenvalue weighted by atomic mass is 9.92. The van der Waals surface area contributed by atoms with E-state index in [1.807, 2.05) is 0 Å². The zero-order chi connectivity index (χ0) is 9.59. The first kappa shape index (κ1) is 8.90. The number of hydrogen-bond donors (Lipinski definition) is 1. The quantitative estimate of drug-likeness (QED) is 0.610. The SMILES string of the molecule is CC1=C(F)C(F)=C(C)C2NSN=C12. The van der Waals surface area contributed by atoms with Gasteiger partial charge in [-0.1, -0.05) is 0 Å². The van der Waals surface area contributed by atoms with Crippen LogP contribution in [0.2, 0.25) is 0 Å². The van der Waals surface area contributed by atoms with Crippen molar-refractivity contribution in [2.45, 2.75) is 19.9 Å². The number of allylic oxidation sites excluding steroid dienone is 2. The number of rotatable bonds is 0. The number of fused-ring (bicyclic) bond motifs is 1. The van der Waals surface area contributed by atoms with Crippen molar-refractivity contribution in [1.29, 1.82) is 0 Å². The fourth-order valence-electron chi connectivity index (χ4n) is 1.39. The topological polar surface area (TPSA) is 24.4 Å². The maximum absolute atomic E-state index is 13.2. The lowest BCUT2D eigenvalue weighted by Gasteiger charge is -2.19. The minimum absolute atomic E-state index is 0.260. The van der Waals surface area contributed by atoms with Crippen molar-refractivity contribution in [2.75, 3.05) is 0 Å². The van der Waals surface area contributed by atoms with Crippen molar-refractivity contribution >= 4 is 17.8 Å². The van der Waals surface area contributed by atoms with Crippen LogP contribution in [0.15, 0.2) is 27.2 Å². The Bertz CT molecular complexity index is 357. The lowest BCUT2D eigenvalue weighted by Crippen LogP contribution is -2.32. The Morgan fingerprint density at radius 3 is 2.69 bits per heavy atom. The van der Waals surface area contributed by atoms with E-state index in [-0.39, 0.29) is 6.04 Å². The second kappa shape index (κ2) is 2.92. The van der Waals surface area contributed by atoms with Gasteiger partial charge in [-0.3, -0.25) is 0 Å². The van der Waals surface area contributed by atoms with E-state index in [9.17, 15) is 8.78 Å². The molecule has 5 heteroatoms. The smallest absolute Gasteiger partial charge is 0.163 e. The molecule has 1 atom stereocenters. The monoisotopic (exact) mass is 202 g/mol. The van der Waals surface area contributed by atoms with Crippen molar-refractivity contribution in [3.63, 3.8) is 0 Å². The summed E-state index contributed by atoms with van der Waals surface area (Å²) in [5.74, 6) is -1.53.